The first-order valence-corrected chi connectivity index (χ1v) is 8.95. The molecule has 1 N–H and O–H groups in total. The maximum Gasteiger partial charge on any atom is 0.265 e. The van der Waals surface area contributed by atoms with Crippen LogP contribution in [0.1, 0.15) is 46.8 Å². The summed E-state index contributed by atoms with van der Waals surface area (Å²) in [6, 6.07) is 1.91. The highest BCUT2D eigenvalue weighted by molar-refractivity contribution is 7.14. The highest BCUT2D eigenvalue weighted by Crippen LogP contribution is 2.29. The molecule has 0 aromatic carbocycles. The number of thiophene rings is 1. The third-order valence-electron chi connectivity index (χ3n) is 3.87. The molecule has 4 nitrogen and oxygen atoms in total. The van der Waals surface area contributed by atoms with Crippen molar-refractivity contribution in [3.63, 3.8) is 0 Å². The van der Waals surface area contributed by atoms with E-state index in [1.807, 2.05) is 6.07 Å². The number of nitrogens with one attached hydrogen (secondary N) is 1. The minimum atomic E-state index is -0.734. The average molecular weight is 359 g/mol. The molecule has 2 rings (SSSR count). The minimum absolute atomic E-state index is 0.0172. The first-order valence-electron chi connectivity index (χ1n) is 8.13. The lowest BCUT2D eigenvalue weighted by atomic mass is 9.99. The summed E-state index contributed by atoms with van der Waals surface area (Å²) in [5.74, 6) is -1.07. The zero-order valence-corrected chi connectivity index (χ0v) is 15.4. The molecule has 0 atom stereocenters. The molecule has 1 aromatic heterocycles. The number of carbonyl (C=O) groups excluding carboxylic acids is 1. The Kier molecular flexibility index (Phi) is 6.58. The van der Waals surface area contributed by atoms with Crippen LogP contribution < -0.4 is 5.32 Å². The summed E-state index contributed by atoms with van der Waals surface area (Å²) in [5.41, 5.74) is 2.19. The molecule has 1 heterocycles. The molecule has 6 heteroatoms. The number of halogens is 1. The molecule has 1 aliphatic carbocycles. The van der Waals surface area contributed by atoms with Crippen LogP contribution in [0.5, 0.6) is 0 Å². The van der Waals surface area contributed by atoms with Crippen molar-refractivity contribution in [2.24, 2.45) is 10.2 Å². The van der Waals surface area contributed by atoms with E-state index in [-0.39, 0.29) is 11.6 Å². The predicted molar refractivity (Wildman–Crippen MR) is 103 cm³/mol. The maximum absolute atomic E-state index is 13.8. The predicted octanol–water partition coefficient (Wildman–Crippen LogP) is 4.75. The fourth-order valence-corrected chi connectivity index (χ4v) is 3.60. The Balaban J connectivity index is 2.17. The zero-order valence-electron chi connectivity index (χ0n) is 14.6. The van der Waals surface area contributed by atoms with Crippen LogP contribution in [0, 0.1) is 0 Å². The van der Waals surface area contributed by atoms with E-state index in [0.29, 0.717) is 16.2 Å². The van der Waals surface area contributed by atoms with E-state index in [9.17, 15) is 9.18 Å². The quantitative estimate of drug-likeness (QED) is 0.445. The molecule has 0 bridgehead atoms. The Morgan fingerprint density at radius 3 is 2.72 bits per heavy atom. The molecule has 132 valence electrons. The summed E-state index contributed by atoms with van der Waals surface area (Å²) in [6.45, 7) is 10.6. The zero-order chi connectivity index (χ0) is 18.4. The van der Waals surface area contributed by atoms with E-state index >= 15 is 0 Å². The van der Waals surface area contributed by atoms with Crippen LogP contribution in [0.2, 0.25) is 0 Å². The van der Waals surface area contributed by atoms with E-state index < -0.39 is 5.83 Å². The summed E-state index contributed by atoms with van der Waals surface area (Å²) < 4.78 is 13.8. The molecular formula is C19H22FN3OS. The molecule has 25 heavy (non-hydrogen) atoms. The molecular weight excluding hydrogens is 337 g/mol. The largest absolute Gasteiger partial charge is 0.319 e. The van der Waals surface area contributed by atoms with Gasteiger partial charge in [0, 0.05) is 11.1 Å². The molecule has 1 aromatic rings. The average Bonchev–Trinajstić information content (AvgIpc) is 3.02. The number of amides is 1. The van der Waals surface area contributed by atoms with Crippen LogP contribution in [0.3, 0.4) is 0 Å². The van der Waals surface area contributed by atoms with E-state index in [2.05, 4.69) is 28.7 Å². The van der Waals surface area contributed by atoms with E-state index in [1.165, 1.54) is 34.1 Å². The Bertz CT molecular complexity index is 763. The van der Waals surface area contributed by atoms with Crippen molar-refractivity contribution >= 4 is 29.2 Å². The second-order valence-corrected chi connectivity index (χ2v) is 6.90. The molecule has 0 saturated carbocycles. The van der Waals surface area contributed by atoms with E-state index in [1.54, 1.807) is 13.8 Å². The number of rotatable bonds is 6. The van der Waals surface area contributed by atoms with Gasteiger partial charge in [-0.05, 0) is 62.8 Å². The Hall–Kier alpha value is -2.34. The van der Waals surface area contributed by atoms with Gasteiger partial charge in [-0.15, -0.1) is 11.3 Å². The van der Waals surface area contributed by atoms with Crippen LogP contribution >= 0.6 is 11.3 Å². The van der Waals surface area contributed by atoms with Gasteiger partial charge in [-0.2, -0.15) is 10.2 Å². The molecule has 1 aliphatic rings. The van der Waals surface area contributed by atoms with Crippen LogP contribution in [-0.2, 0) is 12.8 Å². The summed E-state index contributed by atoms with van der Waals surface area (Å²) in [6.07, 6.45) is 7.27. The highest BCUT2D eigenvalue weighted by atomic mass is 32.1. The van der Waals surface area contributed by atoms with E-state index in [0.717, 1.165) is 25.7 Å². The van der Waals surface area contributed by atoms with Crippen molar-refractivity contribution in [2.45, 2.75) is 39.5 Å². The van der Waals surface area contributed by atoms with Gasteiger partial charge in [0.2, 0.25) is 0 Å². The van der Waals surface area contributed by atoms with Crippen molar-refractivity contribution in [1.29, 1.82) is 0 Å². The fraction of sp³-hybridized carbons (Fsp3) is 0.316. The van der Waals surface area contributed by atoms with Gasteiger partial charge in [0.1, 0.15) is 5.83 Å². The topological polar surface area (TPSA) is 53.8 Å². The third-order valence-corrected chi connectivity index (χ3v) is 5.10. The summed E-state index contributed by atoms with van der Waals surface area (Å²) in [7, 11) is 0. The summed E-state index contributed by atoms with van der Waals surface area (Å²) in [4.78, 5) is 14.3. The van der Waals surface area contributed by atoms with Crippen LogP contribution in [0.4, 0.5) is 4.39 Å². The molecule has 0 fully saturated rings. The van der Waals surface area contributed by atoms with Gasteiger partial charge in [-0.25, -0.2) is 4.39 Å². The third kappa shape index (κ3) is 5.06. The van der Waals surface area contributed by atoms with Gasteiger partial charge in [0.05, 0.1) is 16.3 Å². The van der Waals surface area contributed by atoms with Crippen molar-refractivity contribution < 1.29 is 9.18 Å². The lowest BCUT2D eigenvalue weighted by Gasteiger charge is -2.08. The minimum Gasteiger partial charge on any atom is -0.319 e. The number of hydrogen-bond donors (Lipinski definition) is 1. The molecule has 0 radical (unpaired) electrons. The van der Waals surface area contributed by atoms with Crippen molar-refractivity contribution in [2.75, 3.05) is 0 Å². The van der Waals surface area contributed by atoms with Gasteiger partial charge < -0.3 is 5.32 Å². The van der Waals surface area contributed by atoms with Crippen molar-refractivity contribution in [3.8, 4) is 0 Å². The number of fused-ring (bicyclic) bond motifs is 1. The summed E-state index contributed by atoms with van der Waals surface area (Å²) >= 11 is 1.48. The van der Waals surface area contributed by atoms with Crippen molar-refractivity contribution in [3.05, 3.63) is 57.7 Å². The molecule has 0 unspecified atom stereocenters. The molecule has 1 amide bonds. The highest BCUT2D eigenvalue weighted by Gasteiger charge is 2.18. The van der Waals surface area contributed by atoms with Gasteiger partial charge in [0.25, 0.3) is 5.91 Å². The Morgan fingerprint density at radius 1 is 1.36 bits per heavy atom. The lowest BCUT2D eigenvalue weighted by Crippen LogP contribution is -2.22. The number of allylic oxidation sites excluding steroid dienone is 3. The standard InChI is InChI=1S/C19H22FN3OS/c1-5-21-23-14(4)12(2)10-16(13(3)20)22-19(24)18-11-15-8-6-7-9-17(15)25-18/h5,10-11H,2-3,6-9H2,1,4H3,(H,22,24)/b16-10+,21-5-,23-14+. The van der Waals surface area contributed by atoms with Crippen molar-refractivity contribution in [1.82, 2.24) is 5.32 Å². The maximum atomic E-state index is 13.8. The van der Waals surface area contributed by atoms with E-state index in [4.69, 9.17) is 0 Å². The molecule has 0 spiro atoms. The number of nitrogens with zero attached hydrogens (tertiary/aromatic N) is 2. The van der Waals surface area contributed by atoms with Gasteiger partial charge in [-0.3, -0.25) is 4.79 Å². The van der Waals surface area contributed by atoms with Crippen LogP contribution in [0.25, 0.3) is 0 Å². The monoisotopic (exact) mass is 359 g/mol. The first-order chi connectivity index (χ1) is 11.9. The van der Waals surface area contributed by atoms with Crippen LogP contribution in [0.15, 0.2) is 52.6 Å². The lowest BCUT2D eigenvalue weighted by molar-refractivity contribution is 0.0969. The van der Waals surface area contributed by atoms with Crippen LogP contribution in [-0.4, -0.2) is 17.8 Å². The van der Waals surface area contributed by atoms with Gasteiger partial charge in [0.15, 0.2) is 0 Å². The number of aryl methyl sites for hydroxylation is 2. The smallest absolute Gasteiger partial charge is 0.265 e. The number of carbonyl (C=O) groups is 1. The second kappa shape index (κ2) is 8.67. The fourth-order valence-electron chi connectivity index (χ4n) is 2.46. The number of hydrogen-bond acceptors (Lipinski definition) is 4. The van der Waals surface area contributed by atoms with Gasteiger partial charge in [-0.1, -0.05) is 13.2 Å². The second-order valence-electron chi connectivity index (χ2n) is 5.77. The summed E-state index contributed by atoms with van der Waals surface area (Å²) in [5, 5.41) is 10.3. The Labute approximate surface area is 151 Å². The normalized spacial score (nSPS) is 15.2. The first kappa shape index (κ1) is 19.0. The van der Waals surface area contributed by atoms with Gasteiger partial charge >= 0.3 is 0 Å². The molecule has 0 saturated heterocycles. The SMILES string of the molecule is C=C(F)/C(=C\C(=C)/C(C)=N/N=C\C)NC(=O)c1cc2c(s1)CCCC2. The molecule has 0 aliphatic heterocycles. The Morgan fingerprint density at radius 2 is 2.08 bits per heavy atom.